The molecule has 8 aromatic carbocycles. The summed E-state index contributed by atoms with van der Waals surface area (Å²) < 4.78 is 21.2. The Bertz CT molecular complexity index is 3860. The molecule has 12 rings (SSSR count). The molecule has 10 aromatic rings. The third-order valence-corrected chi connectivity index (χ3v) is 16.7. The van der Waals surface area contributed by atoms with Crippen molar-refractivity contribution >= 4 is 11.0 Å². The van der Waals surface area contributed by atoms with Crippen LogP contribution in [0, 0.1) is 12.0 Å². The SMILES string of the molecule is [2H]C1(c2ccccc2)CCC([2H])(c2ccc(-c3ccnc(-c4[c-]c(-c5cccc6c5nc(-c5cc(C(C)(C)C)cc(-c7ccccc7)c5O)n6-c5ccc(CC6CCCC6)cc5-c5ccccc5)cc(C(C)(C)C)c4)c3)cc2)CC1.[Pt]. The molecule has 2 fully saturated rings. The second-order valence-electron chi connectivity index (χ2n) is 24.1. The molecule has 0 amide bonds. The number of aromatic hydroxyl groups is 1. The van der Waals surface area contributed by atoms with Crippen molar-refractivity contribution in [1.29, 1.82) is 0 Å². The normalized spacial score (nSPS) is 18.3. The maximum absolute atomic E-state index is 12.8. The quantitative estimate of drug-likeness (QED) is 0.131. The number of rotatable bonds is 11. The summed E-state index contributed by atoms with van der Waals surface area (Å²) in [5, 5.41) is 12.8. The zero-order chi connectivity index (χ0) is 55.4. The van der Waals surface area contributed by atoms with Gasteiger partial charge in [0, 0.05) is 46.8 Å². The third kappa shape index (κ3) is 11.2. The van der Waals surface area contributed by atoms with E-state index < -0.39 is 11.8 Å². The van der Waals surface area contributed by atoms with Gasteiger partial charge in [0.1, 0.15) is 11.6 Å². The van der Waals surface area contributed by atoms with Gasteiger partial charge in [-0.15, -0.1) is 29.3 Å². The zero-order valence-electron chi connectivity index (χ0n) is 48.5. The molecule has 5 heteroatoms. The Hall–Kier alpha value is -7.13. The minimum atomic E-state index is -0.731. The van der Waals surface area contributed by atoms with E-state index in [9.17, 15) is 7.85 Å². The van der Waals surface area contributed by atoms with Crippen LogP contribution in [0.4, 0.5) is 0 Å². The Morgan fingerprint density at radius 3 is 1.76 bits per heavy atom. The van der Waals surface area contributed by atoms with Crippen molar-refractivity contribution in [3.05, 3.63) is 228 Å². The van der Waals surface area contributed by atoms with Crippen molar-refractivity contribution in [3.63, 3.8) is 0 Å². The van der Waals surface area contributed by atoms with E-state index in [1.54, 1.807) is 0 Å². The van der Waals surface area contributed by atoms with Crippen molar-refractivity contribution < 1.29 is 28.9 Å². The van der Waals surface area contributed by atoms with Gasteiger partial charge in [-0.25, -0.2) is 4.98 Å². The molecule has 2 saturated carbocycles. The fraction of sp³-hybridized carbons (Fsp3) is 0.270. The van der Waals surface area contributed by atoms with Gasteiger partial charge in [0.05, 0.1) is 22.3 Å². The molecule has 0 atom stereocenters. The first kappa shape index (κ1) is 51.3. The minimum Gasteiger partial charge on any atom is -0.507 e. The van der Waals surface area contributed by atoms with Crippen LogP contribution in [0.25, 0.3) is 83.9 Å². The number of imidazole rings is 1. The summed E-state index contributed by atoms with van der Waals surface area (Å²) in [6.45, 7) is 13.4. The minimum absolute atomic E-state index is 0. The summed E-state index contributed by atoms with van der Waals surface area (Å²) in [5.41, 5.74) is 18.2. The Kier molecular flexibility index (Phi) is 14.6. The first-order valence-corrected chi connectivity index (χ1v) is 28.4. The van der Waals surface area contributed by atoms with Crippen LogP contribution in [0.3, 0.4) is 0 Å². The predicted octanol–water partition coefficient (Wildman–Crippen LogP) is 19.7. The number of nitrogens with zero attached hydrogens (tertiary/aromatic N) is 3. The van der Waals surface area contributed by atoms with Crippen LogP contribution in [0.5, 0.6) is 5.75 Å². The molecule has 0 radical (unpaired) electrons. The first-order valence-electron chi connectivity index (χ1n) is 29.4. The van der Waals surface area contributed by atoms with E-state index in [4.69, 9.17) is 9.97 Å². The predicted molar refractivity (Wildman–Crippen MR) is 325 cm³/mol. The average Bonchev–Trinajstić information content (AvgIpc) is 3.63. The summed E-state index contributed by atoms with van der Waals surface area (Å²) in [4.78, 5) is 10.8. The van der Waals surface area contributed by atoms with Crippen LogP contribution in [-0.2, 0) is 38.3 Å². The molecular formula is C74H72N3OPt-. The first-order chi connectivity index (χ1) is 38.5. The van der Waals surface area contributed by atoms with Gasteiger partial charge in [-0.3, -0.25) is 9.55 Å². The standard InChI is InChI=1S/C74H72N3O.Pt/c1-73(2,3)61-44-59(43-60(45-61)67-46-58(39-40-75-67)55-36-34-54(35-37-55)53-32-30-52(31-33-53)51-21-10-7-11-22-51)63-27-18-28-69-70(63)76-72(66-48-62(74(4,5)6)47-65(71(66)78)57-25-14-9-15-26-57)77(69)68-38-29-50(41-49-19-16-17-20-49)42-64(68)56-23-12-8-13-24-56;/h7-15,18,21-29,34-40,42,44-49,52-53,78H,16-17,19-20,30-33,41H2,1-6H3;/q-1;/i52D,53D;. The molecule has 0 aliphatic heterocycles. The van der Waals surface area contributed by atoms with Gasteiger partial charge in [0.15, 0.2) is 0 Å². The molecule has 1 N–H and O–H groups in total. The van der Waals surface area contributed by atoms with Crippen molar-refractivity contribution in [2.45, 2.75) is 122 Å². The van der Waals surface area contributed by atoms with E-state index in [-0.39, 0.29) is 37.6 Å². The van der Waals surface area contributed by atoms with E-state index in [0.717, 1.165) is 101 Å². The van der Waals surface area contributed by atoms with Gasteiger partial charge in [-0.1, -0.05) is 218 Å². The van der Waals surface area contributed by atoms with E-state index in [2.05, 4.69) is 204 Å². The number of benzene rings is 8. The number of phenols is 1. The fourth-order valence-corrected chi connectivity index (χ4v) is 12.2. The number of phenolic OH excluding ortho intramolecular Hbond substituents is 1. The maximum Gasteiger partial charge on any atom is 0.148 e. The number of aromatic nitrogens is 3. The van der Waals surface area contributed by atoms with Crippen LogP contribution >= 0.6 is 0 Å². The summed E-state index contributed by atoms with van der Waals surface area (Å²) in [7, 11) is 0. The molecule has 0 unspecified atom stereocenters. The van der Waals surface area contributed by atoms with Crippen molar-refractivity contribution in [2.24, 2.45) is 5.92 Å². The number of pyridine rings is 1. The van der Waals surface area contributed by atoms with Gasteiger partial charge in [0.2, 0.25) is 0 Å². The number of fused-ring (bicyclic) bond motifs is 1. The maximum atomic E-state index is 12.8. The summed E-state index contributed by atoms with van der Waals surface area (Å²) in [6.07, 6.45) is 10.7. The van der Waals surface area contributed by atoms with E-state index in [0.29, 0.717) is 43.0 Å². The van der Waals surface area contributed by atoms with Gasteiger partial charge in [-0.05, 0) is 142 Å². The Morgan fingerprint density at radius 1 is 0.532 bits per heavy atom. The van der Waals surface area contributed by atoms with Crippen LogP contribution in [0.1, 0.15) is 135 Å². The van der Waals surface area contributed by atoms with Crippen LogP contribution in [0.2, 0.25) is 0 Å². The van der Waals surface area contributed by atoms with Crippen molar-refractivity contribution in [2.75, 3.05) is 0 Å². The Morgan fingerprint density at radius 2 is 1.11 bits per heavy atom. The Balaban J connectivity index is 0.00000690. The van der Waals surface area contributed by atoms with E-state index in [1.165, 1.54) is 31.2 Å². The average molecular weight is 1220 g/mol. The molecule has 0 spiro atoms. The number of hydrogen-bond donors (Lipinski definition) is 1. The summed E-state index contributed by atoms with van der Waals surface area (Å²) in [6, 6.07) is 70.0. The number of para-hydroxylation sites is 1. The smallest absolute Gasteiger partial charge is 0.148 e. The molecule has 400 valence electrons. The second-order valence-corrected chi connectivity index (χ2v) is 24.1. The van der Waals surface area contributed by atoms with Crippen LogP contribution in [-0.4, -0.2) is 19.6 Å². The van der Waals surface area contributed by atoms with Crippen LogP contribution in [0.15, 0.2) is 194 Å². The van der Waals surface area contributed by atoms with E-state index >= 15 is 0 Å². The summed E-state index contributed by atoms with van der Waals surface area (Å²) >= 11 is 0. The van der Waals surface area contributed by atoms with E-state index in [1.807, 2.05) is 42.6 Å². The van der Waals surface area contributed by atoms with Gasteiger partial charge in [0.25, 0.3) is 0 Å². The van der Waals surface area contributed by atoms with Gasteiger partial charge in [-0.2, -0.15) is 0 Å². The topological polar surface area (TPSA) is 50.9 Å². The number of hydrogen-bond acceptors (Lipinski definition) is 3. The molecule has 2 aromatic heterocycles. The second kappa shape index (κ2) is 22.5. The van der Waals surface area contributed by atoms with Crippen molar-refractivity contribution in [1.82, 2.24) is 14.5 Å². The molecule has 2 heterocycles. The zero-order valence-corrected chi connectivity index (χ0v) is 48.8. The molecule has 2 aliphatic rings. The molecule has 2 aliphatic carbocycles. The molecular weight excluding hydrogens is 1140 g/mol. The third-order valence-electron chi connectivity index (χ3n) is 16.7. The molecule has 79 heavy (non-hydrogen) atoms. The monoisotopic (exact) mass is 1220 g/mol. The van der Waals surface area contributed by atoms with Crippen LogP contribution < -0.4 is 0 Å². The fourth-order valence-electron chi connectivity index (χ4n) is 12.2. The van der Waals surface area contributed by atoms with Gasteiger partial charge < -0.3 is 5.11 Å². The largest absolute Gasteiger partial charge is 0.507 e. The molecule has 0 saturated heterocycles. The summed E-state index contributed by atoms with van der Waals surface area (Å²) in [5.74, 6) is 0.164. The Labute approximate surface area is 486 Å². The van der Waals surface area contributed by atoms with Gasteiger partial charge >= 0.3 is 0 Å². The molecule has 4 nitrogen and oxygen atoms in total. The van der Waals surface area contributed by atoms with Crippen molar-refractivity contribution in [3.8, 4) is 78.6 Å². The molecule has 0 bridgehead atoms.